The van der Waals surface area contributed by atoms with Crippen LogP contribution in [0.5, 0.6) is 5.75 Å². The summed E-state index contributed by atoms with van der Waals surface area (Å²) < 4.78 is 30.2. The molecule has 0 aliphatic rings. The maximum Gasteiger partial charge on any atom is 0.572 e. The van der Waals surface area contributed by atoms with Crippen LogP contribution in [0.2, 0.25) is 0 Å². The van der Waals surface area contributed by atoms with Crippen molar-refractivity contribution in [3.05, 3.63) is 24.3 Å². The van der Waals surface area contributed by atoms with Crippen molar-refractivity contribution in [1.29, 1.82) is 0 Å². The summed E-state index contributed by atoms with van der Waals surface area (Å²) in [5.74, 6) is 0.461. The van der Waals surface area contributed by atoms with Crippen LogP contribution < -0.4 is 14.9 Å². The Morgan fingerprint density at radius 3 is 1.52 bits per heavy atom. The average molecular weight is 417 g/mol. The third kappa shape index (κ3) is 13.6. The van der Waals surface area contributed by atoms with E-state index in [1.807, 2.05) is 0 Å². The first-order valence-corrected chi connectivity index (χ1v) is 11.3. The molecule has 0 aliphatic carbocycles. The van der Waals surface area contributed by atoms with Gasteiger partial charge in [-0.2, -0.15) is 0 Å². The second-order valence-electron chi connectivity index (χ2n) is 7.73. The van der Waals surface area contributed by atoms with Gasteiger partial charge in [-0.3, -0.25) is 8.63 Å². The van der Waals surface area contributed by atoms with E-state index < -0.39 is 7.27 Å². The summed E-state index contributed by atoms with van der Waals surface area (Å²) in [5.41, 5.74) is -0.00986. The number of unbranched alkanes of at least 4 members (excludes halogenated alkanes) is 4. The molecular weight excluding hydrogens is 374 g/mol. The number of hydrogen-bond donors (Lipinski definition) is 0. The van der Waals surface area contributed by atoms with E-state index >= 15 is 0 Å². The Labute approximate surface area is 178 Å². The number of hydrogen-bond acceptors (Lipinski definition) is 1. The monoisotopic (exact) mass is 417 g/mol. The molecule has 0 bridgehead atoms. The van der Waals surface area contributed by atoms with E-state index in [4.69, 9.17) is 4.74 Å². The zero-order chi connectivity index (χ0) is 21.3. The number of benzene rings is 1. The smallest absolute Gasteiger partial charge is 0.572 e. The molecule has 6 heteroatoms. The summed E-state index contributed by atoms with van der Waals surface area (Å²) in [6.07, 6.45) is 11.1. The van der Waals surface area contributed by atoms with Crippen LogP contribution >= 0.6 is 0 Å². The van der Waals surface area contributed by atoms with Gasteiger partial charge < -0.3 is 13.9 Å². The van der Waals surface area contributed by atoms with Crippen LogP contribution in [-0.4, -0.2) is 45.0 Å². The van der Waals surface area contributed by atoms with E-state index in [-0.39, 0.29) is 10.2 Å². The summed E-state index contributed by atoms with van der Waals surface area (Å²) in [7, 11) is -0.977. The first kappa shape index (κ1) is 30.0. The highest BCUT2D eigenvalue weighted by Crippen LogP contribution is 2.16. The van der Waals surface area contributed by atoms with Crippen molar-refractivity contribution in [3.63, 3.8) is 0 Å². The summed E-state index contributed by atoms with van der Waals surface area (Å²) >= 11 is 0. The Balaban J connectivity index is 0. The molecule has 0 spiro atoms. The van der Waals surface area contributed by atoms with Crippen molar-refractivity contribution in [3.8, 4) is 5.75 Å². The number of methoxy groups -OCH3 is 1. The number of rotatable bonds is 14. The molecular formula is C23H43BF3NO. The van der Waals surface area contributed by atoms with Crippen LogP contribution in [0.3, 0.4) is 0 Å². The fraction of sp³-hybridized carbons (Fsp3) is 0.739. The van der Waals surface area contributed by atoms with E-state index in [1.54, 1.807) is 12.1 Å². The predicted molar refractivity (Wildman–Crippen MR) is 120 cm³/mol. The fourth-order valence-corrected chi connectivity index (χ4v) is 3.42. The minimum absolute atomic E-state index is 0. The molecule has 0 heterocycles. The largest absolute Gasteiger partial charge is 1.00 e. The van der Waals surface area contributed by atoms with Crippen molar-refractivity contribution in [2.75, 3.05) is 33.3 Å². The van der Waals surface area contributed by atoms with Crippen LogP contribution in [0, 0.1) is 0 Å². The highest BCUT2D eigenvalue weighted by Gasteiger charge is 2.24. The predicted octanol–water partition coefficient (Wildman–Crippen LogP) is 3.34. The molecule has 2 nitrogen and oxygen atoms in total. The van der Waals surface area contributed by atoms with Crippen molar-refractivity contribution in [2.24, 2.45) is 0 Å². The number of quaternary nitrogens is 1. The third-order valence-electron chi connectivity index (χ3n) is 5.29. The van der Waals surface area contributed by atoms with Crippen molar-refractivity contribution in [2.45, 2.75) is 79.1 Å². The van der Waals surface area contributed by atoms with Crippen molar-refractivity contribution < 1.29 is 22.6 Å². The maximum absolute atomic E-state index is 12.0. The van der Waals surface area contributed by atoms with Crippen LogP contribution in [0.1, 0.15) is 79.1 Å². The van der Waals surface area contributed by atoms with Gasteiger partial charge in [-0.05, 0) is 43.3 Å². The molecule has 0 atom stereocenters. The van der Waals surface area contributed by atoms with E-state index in [0.29, 0.717) is 5.75 Å². The second kappa shape index (κ2) is 18.8. The Morgan fingerprint density at radius 2 is 1.21 bits per heavy atom. The van der Waals surface area contributed by atoms with Crippen LogP contribution in [0.25, 0.3) is 0 Å². The van der Waals surface area contributed by atoms with Crippen LogP contribution in [-0.2, 0) is 0 Å². The molecule has 0 unspecified atom stereocenters. The fourth-order valence-electron chi connectivity index (χ4n) is 3.42. The molecule has 0 saturated carbocycles. The Hall–Kier alpha value is -1.17. The van der Waals surface area contributed by atoms with E-state index in [0.717, 1.165) is 0 Å². The average Bonchev–Trinajstić information content (AvgIpc) is 2.73. The molecule has 0 fully saturated rings. The van der Waals surface area contributed by atoms with Crippen molar-refractivity contribution in [1.82, 2.24) is 0 Å². The van der Waals surface area contributed by atoms with E-state index in [2.05, 4.69) is 27.7 Å². The molecule has 0 N–H and O–H groups in total. The molecule has 1 aromatic rings. The SMILES string of the molecule is CCCC[N+](CCCC)(CCCC)CCCC.COc1cccc(B(F)F)c1.[F-]. The van der Waals surface area contributed by atoms with Gasteiger partial charge in [0.05, 0.1) is 33.3 Å². The molecule has 0 amide bonds. The van der Waals surface area contributed by atoms with Gasteiger partial charge in [-0.1, -0.05) is 65.5 Å². The molecule has 1 aromatic carbocycles. The molecule has 29 heavy (non-hydrogen) atoms. The van der Waals surface area contributed by atoms with Gasteiger partial charge in [0, 0.05) is 0 Å². The lowest BCUT2D eigenvalue weighted by molar-refractivity contribution is -0.929. The van der Waals surface area contributed by atoms with Gasteiger partial charge in [0.15, 0.2) is 0 Å². The number of ether oxygens (including phenoxy) is 1. The van der Waals surface area contributed by atoms with E-state index in [9.17, 15) is 8.63 Å². The molecule has 0 aromatic heterocycles. The first-order valence-electron chi connectivity index (χ1n) is 11.3. The highest BCUT2D eigenvalue weighted by molar-refractivity contribution is 6.60. The van der Waals surface area contributed by atoms with Gasteiger partial charge in [0.25, 0.3) is 0 Å². The summed E-state index contributed by atoms with van der Waals surface area (Å²) in [6.45, 7) is 15.0. The topological polar surface area (TPSA) is 9.23 Å². The molecule has 1 rings (SSSR count). The quantitative estimate of drug-likeness (QED) is 0.333. The minimum Gasteiger partial charge on any atom is -1.00 e. The lowest BCUT2D eigenvalue weighted by Crippen LogP contribution is -3.00. The van der Waals surface area contributed by atoms with E-state index in [1.165, 1.54) is 101 Å². The zero-order valence-corrected chi connectivity index (χ0v) is 19.4. The number of halogens is 3. The Kier molecular flexibility index (Phi) is 19.5. The number of nitrogens with zero attached hydrogens (tertiary/aromatic N) is 1. The van der Waals surface area contributed by atoms with Gasteiger partial charge >= 0.3 is 7.27 Å². The maximum atomic E-state index is 12.0. The standard InChI is InChI=1S/C16H36N.C7H7BF2O.FH/c1-5-9-13-17(14-10-6-2,15-11-7-3)16-12-8-4;1-11-7-4-2-3-6(5-7)8(9)10;/h5-16H2,1-4H3;2-5H,1H3;1H/q+1;;/p-1. The van der Waals surface area contributed by atoms with Crippen molar-refractivity contribution >= 4 is 12.7 Å². The van der Waals surface area contributed by atoms with Gasteiger partial charge in [-0.25, -0.2) is 0 Å². The normalized spacial score (nSPS) is 10.6. The Bertz CT molecular complexity index is 451. The highest BCUT2D eigenvalue weighted by atomic mass is 19.2. The third-order valence-corrected chi connectivity index (χ3v) is 5.29. The first-order chi connectivity index (χ1) is 13.5. The van der Waals surface area contributed by atoms with Gasteiger partial charge in [0.2, 0.25) is 0 Å². The second-order valence-corrected chi connectivity index (χ2v) is 7.73. The zero-order valence-electron chi connectivity index (χ0n) is 19.4. The summed E-state index contributed by atoms with van der Waals surface area (Å²) in [4.78, 5) is 0. The summed E-state index contributed by atoms with van der Waals surface area (Å²) in [5, 5.41) is 0. The molecule has 0 aliphatic heterocycles. The molecule has 0 radical (unpaired) electrons. The Morgan fingerprint density at radius 1 is 0.793 bits per heavy atom. The van der Waals surface area contributed by atoms with Gasteiger partial charge in [0.1, 0.15) is 5.75 Å². The molecule has 170 valence electrons. The lowest BCUT2D eigenvalue weighted by atomic mass is 9.86. The summed E-state index contributed by atoms with van der Waals surface area (Å²) in [6, 6.07) is 5.87. The van der Waals surface area contributed by atoms with Crippen LogP contribution in [0.15, 0.2) is 24.3 Å². The lowest BCUT2D eigenvalue weighted by Gasteiger charge is -2.39. The minimum atomic E-state index is -2.43. The van der Waals surface area contributed by atoms with Crippen LogP contribution in [0.4, 0.5) is 8.63 Å². The molecule has 0 saturated heterocycles. The van der Waals surface area contributed by atoms with Gasteiger partial charge in [-0.15, -0.1) is 0 Å².